The van der Waals surface area contributed by atoms with E-state index in [-0.39, 0.29) is 0 Å². The van der Waals surface area contributed by atoms with Crippen molar-refractivity contribution in [1.82, 2.24) is 4.98 Å². The highest BCUT2D eigenvalue weighted by molar-refractivity contribution is 9.10. The normalized spacial score (nSPS) is 10.3. The lowest BCUT2D eigenvalue weighted by Crippen LogP contribution is -1.85. The van der Waals surface area contributed by atoms with Crippen LogP contribution < -0.4 is 4.74 Å². The third kappa shape index (κ3) is 1.52. The van der Waals surface area contributed by atoms with Crippen molar-refractivity contribution in [3.05, 3.63) is 34.9 Å². The molecule has 2 nitrogen and oxygen atoms in total. The molecule has 2 rings (SSSR count). The number of halogens is 1. The van der Waals surface area contributed by atoms with Crippen LogP contribution >= 0.6 is 15.9 Å². The summed E-state index contributed by atoms with van der Waals surface area (Å²) in [5.41, 5.74) is 0.961. The van der Waals surface area contributed by atoms with Gasteiger partial charge in [0.25, 0.3) is 0 Å². The molecule has 1 heterocycles. The third-order valence-corrected chi connectivity index (χ3v) is 2.51. The summed E-state index contributed by atoms with van der Waals surface area (Å²) in [5.74, 6) is 0.783. The van der Waals surface area contributed by atoms with Crippen LogP contribution in [0.3, 0.4) is 0 Å². The van der Waals surface area contributed by atoms with Crippen molar-refractivity contribution in [2.24, 2.45) is 0 Å². The van der Waals surface area contributed by atoms with E-state index in [1.807, 2.05) is 24.3 Å². The quantitative estimate of drug-likeness (QED) is 0.761. The van der Waals surface area contributed by atoms with Crippen molar-refractivity contribution in [3.8, 4) is 5.75 Å². The van der Waals surface area contributed by atoms with Gasteiger partial charge in [0, 0.05) is 9.86 Å². The molecule has 0 unspecified atom stereocenters. The van der Waals surface area contributed by atoms with Gasteiger partial charge in [-0.3, -0.25) is 4.98 Å². The Morgan fingerprint density at radius 3 is 3.00 bits per heavy atom. The summed E-state index contributed by atoms with van der Waals surface area (Å²) in [4.78, 5) is 4.28. The maximum Gasteiger partial charge on any atom is 0.137 e. The summed E-state index contributed by atoms with van der Waals surface area (Å²) in [6, 6.07) is 7.93. The minimum atomic E-state index is 0.783. The van der Waals surface area contributed by atoms with Crippen molar-refractivity contribution < 1.29 is 4.74 Å². The monoisotopic (exact) mass is 237 g/mol. The molecule has 0 aliphatic rings. The Kier molecular flexibility index (Phi) is 2.19. The first-order valence-corrected chi connectivity index (χ1v) is 4.69. The lowest BCUT2D eigenvalue weighted by Gasteiger charge is -2.02. The number of fused-ring (bicyclic) bond motifs is 1. The van der Waals surface area contributed by atoms with E-state index in [2.05, 4.69) is 20.9 Å². The molecule has 13 heavy (non-hydrogen) atoms. The molecule has 0 saturated heterocycles. The van der Waals surface area contributed by atoms with Crippen LogP contribution in [-0.2, 0) is 0 Å². The van der Waals surface area contributed by atoms with E-state index in [0.717, 1.165) is 21.1 Å². The zero-order valence-electron chi connectivity index (χ0n) is 7.12. The summed E-state index contributed by atoms with van der Waals surface area (Å²) in [6.45, 7) is 0. The number of nitrogens with zero attached hydrogens (tertiary/aromatic N) is 1. The number of methoxy groups -OCH3 is 1. The fraction of sp³-hybridized carbons (Fsp3) is 0.100. The first-order valence-electron chi connectivity index (χ1n) is 3.89. The van der Waals surface area contributed by atoms with E-state index in [4.69, 9.17) is 4.74 Å². The molecular weight excluding hydrogens is 230 g/mol. The summed E-state index contributed by atoms with van der Waals surface area (Å²) in [6.07, 6.45) is 1.72. The van der Waals surface area contributed by atoms with Crippen LogP contribution in [0.25, 0.3) is 10.9 Å². The number of hydrogen-bond acceptors (Lipinski definition) is 2. The van der Waals surface area contributed by atoms with Crippen LogP contribution in [0.2, 0.25) is 0 Å². The van der Waals surface area contributed by atoms with Gasteiger partial charge in [-0.15, -0.1) is 0 Å². The Hall–Kier alpha value is -1.09. The Morgan fingerprint density at radius 1 is 1.38 bits per heavy atom. The minimum absolute atomic E-state index is 0.783. The zero-order chi connectivity index (χ0) is 9.26. The second-order valence-corrected chi connectivity index (χ2v) is 3.54. The Labute approximate surface area is 84.7 Å². The van der Waals surface area contributed by atoms with Gasteiger partial charge in [-0.25, -0.2) is 0 Å². The highest BCUT2D eigenvalue weighted by atomic mass is 79.9. The molecule has 66 valence electrons. The van der Waals surface area contributed by atoms with Crippen LogP contribution in [0.1, 0.15) is 0 Å². The fourth-order valence-electron chi connectivity index (χ4n) is 1.22. The molecule has 0 amide bonds. The number of pyridine rings is 1. The highest BCUT2D eigenvalue weighted by Crippen LogP contribution is 2.24. The van der Waals surface area contributed by atoms with Crippen molar-refractivity contribution in [2.45, 2.75) is 0 Å². The smallest absolute Gasteiger partial charge is 0.137 e. The average molecular weight is 238 g/mol. The van der Waals surface area contributed by atoms with Gasteiger partial charge >= 0.3 is 0 Å². The SMILES string of the molecule is COc1cnc2c(Br)cccc2c1. The maximum absolute atomic E-state index is 5.08. The summed E-state index contributed by atoms with van der Waals surface area (Å²) in [7, 11) is 1.64. The van der Waals surface area contributed by atoms with Gasteiger partial charge in [0.05, 0.1) is 18.8 Å². The Balaban J connectivity index is 2.72. The molecule has 0 atom stereocenters. The van der Waals surface area contributed by atoms with Gasteiger partial charge in [0.2, 0.25) is 0 Å². The van der Waals surface area contributed by atoms with Crippen molar-refractivity contribution in [1.29, 1.82) is 0 Å². The van der Waals surface area contributed by atoms with Crippen molar-refractivity contribution in [2.75, 3.05) is 7.11 Å². The van der Waals surface area contributed by atoms with Crippen LogP contribution in [0.15, 0.2) is 34.9 Å². The van der Waals surface area contributed by atoms with E-state index in [9.17, 15) is 0 Å². The van der Waals surface area contributed by atoms with Gasteiger partial charge < -0.3 is 4.74 Å². The second kappa shape index (κ2) is 3.34. The van der Waals surface area contributed by atoms with Gasteiger partial charge in [-0.2, -0.15) is 0 Å². The van der Waals surface area contributed by atoms with Gasteiger partial charge in [0.15, 0.2) is 0 Å². The first kappa shape index (κ1) is 8.51. The third-order valence-electron chi connectivity index (χ3n) is 1.87. The van der Waals surface area contributed by atoms with Gasteiger partial charge in [0.1, 0.15) is 5.75 Å². The highest BCUT2D eigenvalue weighted by Gasteiger charge is 2.00. The van der Waals surface area contributed by atoms with Crippen LogP contribution in [0.5, 0.6) is 5.75 Å². The van der Waals surface area contributed by atoms with E-state index in [1.165, 1.54) is 0 Å². The number of rotatable bonds is 1. The zero-order valence-corrected chi connectivity index (χ0v) is 8.71. The number of hydrogen-bond donors (Lipinski definition) is 0. The molecule has 1 aromatic heterocycles. The van der Waals surface area contributed by atoms with Gasteiger partial charge in [-0.1, -0.05) is 12.1 Å². The van der Waals surface area contributed by atoms with Crippen LogP contribution in [0, 0.1) is 0 Å². The van der Waals surface area contributed by atoms with Gasteiger partial charge in [-0.05, 0) is 28.1 Å². The topological polar surface area (TPSA) is 22.1 Å². The standard InChI is InChI=1S/C10H8BrNO/c1-13-8-5-7-3-2-4-9(11)10(7)12-6-8/h2-6H,1H3. The number of ether oxygens (including phenoxy) is 1. The number of benzene rings is 1. The number of aromatic nitrogens is 1. The molecule has 3 heteroatoms. The molecule has 0 fully saturated rings. The van der Waals surface area contributed by atoms with E-state index in [1.54, 1.807) is 13.3 Å². The van der Waals surface area contributed by atoms with Crippen LogP contribution in [-0.4, -0.2) is 12.1 Å². The summed E-state index contributed by atoms with van der Waals surface area (Å²) < 4.78 is 6.09. The summed E-state index contributed by atoms with van der Waals surface area (Å²) >= 11 is 3.44. The van der Waals surface area contributed by atoms with E-state index in [0.29, 0.717) is 0 Å². The average Bonchev–Trinajstić information content (AvgIpc) is 2.18. The molecular formula is C10H8BrNO. The van der Waals surface area contributed by atoms with Crippen LogP contribution in [0.4, 0.5) is 0 Å². The van der Waals surface area contributed by atoms with E-state index < -0.39 is 0 Å². The molecule has 0 N–H and O–H groups in total. The minimum Gasteiger partial charge on any atom is -0.495 e. The Morgan fingerprint density at radius 2 is 2.23 bits per heavy atom. The fourth-order valence-corrected chi connectivity index (χ4v) is 1.70. The molecule has 2 aromatic rings. The largest absolute Gasteiger partial charge is 0.495 e. The molecule has 0 bridgehead atoms. The lowest BCUT2D eigenvalue weighted by molar-refractivity contribution is 0.414. The first-order chi connectivity index (χ1) is 6.31. The lowest BCUT2D eigenvalue weighted by atomic mass is 10.2. The molecule has 0 spiro atoms. The maximum atomic E-state index is 5.08. The van der Waals surface area contributed by atoms with Crippen molar-refractivity contribution >= 4 is 26.8 Å². The summed E-state index contributed by atoms with van der Waals surface area (Å²) in [5, 5.41) is 1.08. The van der Waals surface area contributed by atoms with E-state index >= 15 is 0 Å². The predicted molar refractivity (Wildman–Crippen MR) is 56.0 cm³/mol. The molecule has 1 aromatic carbocycles. The molecule has 0 saturated carbocycles. The second-order valence-electron chi connectivity index (χ2n) is 2.69. The molecule has 0 aliphatic heterocycles. The Bertz CT molecular complexity index is 442. The number of para-hydroxylation sites is 1. The van der Waals surface area contributed by atoms with Crippen molar-refractivity contribution in [3.63, 3.8) is 0 Å². The molecule has 0 aliphatic carbocycles. The predicted octanol–water partition coefficient (Wildman–Crippen LogP) is 3.01. The molecule has 0 radical (unpaired) electrons.